The minimum Gasteiger partial charge on any atom is -0.207 e. The normalized spacial score (nSPS) is 16.7. The fourth-order valence-electron chi connectivity index (χ4n) is 6.88. The molecule has 1 fully saturated rings. The van der Waals surface area contributed by atoms with Gasteiger partial charge in [0.25, 0.3) is 0 Å². The van der Waals surface area contributed by atoms with Gasteiger partial charge in [-0.05, 0) is 81.9 Å². The van der Waals surface area contributed by atoms with Crippen molar-refractivity contribution in [3.05, 3.63) is 180 Å². The number of aryl methyl sites for hydroxylation is 2. The Labute approximate surface area is 294 Å². The summed E-state index contributed by atoms with van der Waals surface area (Å²) in [5.41, 5.74) is 4.40. The van der Waals surface area contributed by atoms with Crippen LogP contribution in [0.15, 0.2) is 168 Å². The van der Waals surface area contributed by atoms with E-state index in [-0.39, 0.29) is 22.9 Å². The molecule has 6 nitrogen and oxygen atoms in total. The van der Waals surface area contributed by atoms with Gasteiger partial charge < -0.3 is 0 Å². The summed E-state index contributed by atoms with van der Waals surface area (Å²) in [6, 6.07) is 38.9. The largest absolute Gasteiger partial charge is 0.244 e. The van der Waals surface area contributed by atoms with E-state index in [1.54, 1.807) is 48.5 Å². The molecule has 50 heavy (non-hydrogen) atoms. The number of hydrogen-bond acceptors (Lipinski definition) is 4. The van der Waals surface area contributed by atoms with Gasteiger partial charge in [-0.25, -0.2) is 16.8 Å². The lowest BCUT2D eigenvalue weighted by Gasteiger charge is -2.51. The molecule has 0 unspecified atom stereocenters. The standard InChI is InChI=1S/C42H38N2O4S2/c1-29-19-23-37(24-20-29)49(45,46)43(27-35-15-9-13-33-11-5-7-17-39(33)35)41-31(3)32(4)42(41)44(50(47,48)38-25-21-30(2)22-26-38)28-36-16-10-14-34-12-6-8-18-40(34)36/h5-26,41-42H,3-4,27-28H2,1-2H3/t41-,42-/m0/s1. The van der Waals surface area contributed by atoms with E-state index in [0.717, 1.165) is 43.8 Å². The summed E-state index contributed by atoms with van der Waals surface area (Å²) in [7, 11) is -8.36. The first-order chi connectivity index (χ1) is 24.0. The third-order valence-corrected chi connectivity index (χ3v) is 13.4. The Balaban J connectivity index is 1.41. The summed E-state index contributed by atoms with van der Waals surface area (Å²) >= 11 is 0. The molecule has 252 valence electrons. The van der Waals surface area contributed by atoms with Gasteiger partial charge in [-0.1, -0.05) is 133 Å². The van der Waals surface area contributed by atoms with E-state index in [2.05, 4.69) is 13.2 Å². The zero-order valence-corrected chi connectivity index (χ0v) is 29.7. The van der Waals surface area contributed by atoms with E-state index in [4.69, 9.17) is 0 Å². The van der Waals surface area contributed by atoms with Gasteiger partial charge in [-0.2, -0.15) is 8.61 Å². The molecule has 2 atom stereocenters. The average Bonchev–Trinajstić information content (AvgIpc) is 3.12. The van der Waals surface area contributed by atoms with Crippen molar-refractivity contribution in [2.24, 2.45) is 0 Å². The van der Waals surface area contributed by atoms with Crippen molar-refractivity contribution in [3.63, 3.8) is 0 Å². The Morgan fingerprint density at radius 2 is 0.820 bits per heavy atom. The smallest absolute Gasteiger partial charge is 0.207 e. The van der Waals surface area contributed by atoms with Gasteiger partial charge in [-0.15, -0.1) is 0 Å². The summed E-state index contributed by atoms with van der Waals surface area (Å²) in [5.74, 6) is 0. The third-order valence-electron chi connectivity index (χ3n) is 9.71. The van der Waals surface area contributed by atoms with E-state index < -0.39 is 32.1 Å². The highest BCUT2D eigenvalue weighted by Gasteiger charge is 2.52. The number of sulfonamides is 2. The van der Waals surface area contributed by atoms with Crippen LogP contribution in [0.1, 0.15) is 22.3 Å². The lowest BCUT2D eigenvalue weighted by atomic mass is 9.76. The van der Waals surface area contributed by atoms with Crippen LogP contribution in [0.5, 0.6) is 0 Å². The highest BCUT2D eigenvalue weighted by molar-refractivity contribution is 7.89. The summed E-state index contributed by atoms with van der Waals surface area (Å²) < 4.78 is 62.1. The summed E-state index contributed by atoms with van der Waals surface area (Å²) in [4.78, 5) is 0.240. The second-order valence-electron chi connectivity index (χ2n) is 12.9. The summed E-state index contributed by atoms with van der Waals surface area (Å²) in [6.07, 6.45) is 0. The Morgan fingerprint density at radius 3 is 1.20 bits per heavy atom. The summed E-state index contributed by atoms with van der Waals surface area (Å²) in [6.45, 7) is 12.4. The second kappa shape index (κ2) is 13.1. The molecule has 7 rings (SSSR count). The van der Waals surface area contributed by atoms with Crippen LogP contribution in [0.3, 0.4) is 0 Å². The molecule has 8 heteroatoms. The number of nitrogens with zero attached hydrogens (tertiary/aromatic N) is 2. The highest BCUT2D eigenvalue weighted by Crippen LogP contribution is 2.45. The molecule has 6 aromatic carbocycles. The van der Waals surface area contributed by atoms with Crippen LogP contribution in [0, 0.1) is 13.8 Å². The van der Waals surface area contributed by atoms with Crippen LogP contribution in [0.2, 0.25) is 0 Å². The summed E-state index contributed by atoms with van der Waals surface area (Å²) in [5, 5.41) is 3.79. The monoisotopic (exact) mass is 698 g/mol. The molecule has 0 heterocycles. The fourth-order valence-corrected chi connectivity index (χ4v) is 10.1. The van der Waals surface area contributed by atoms with Crippen molar-refractivity contribution in [3.8, 4) is 0 Å². The van der Waals surface area contributed by atoms with E-state index in [9.17, 15) is 16.8 Å². The second-order valence-corrected chi connectivity index (χ2v) is 16.7. The Bertz CT molecular complexity index is 2300. The zero-order chi connectivity index (χ0) is 35.2. The molecule has 1 saturated carbocycles. The van der Waals surface area contributed by atoms with E-state index in [1.807, 2.05) is 98.8 Å². The van der Waals surface area contributed by atoms with Gasteiger partial charge in [0, 0.05) is 13.1 Å². The first-order valence-electron chi connectivity index (χ1n) is 16.4. The predicted octanol–water partition coefficient (Wildman–Crippen LogP) is 8.56. The van der Waals surface area contributed by atoms with Crippen molar-refractivity contribution < 1.29 is 16.8 Å². The maximum absolute atomic E-state index is 14.8. The molecule has 6 aromatic rings. The predicted molar refractivity (Wildman–Crippen MR) is 202 cm³/mol. The van der Waals surface area contributed by atoms with Gasteiger partial charge >= 0.3 is 0 Å². The minimum absolute atomic E-state index is 0.00227. The van der Waals surface area contributed by atoms with Crippen molar-refractivity contribution in [2.75, 3.05) is 0 Å². The molecule has 0 N–H and O–H groups in total. The van der Waals surface area contributed by atoms with Gasteiger partial charge in [-0.3, -0.25) is 0 Å². The van der Waals surface area contributed by atoms with Crippen LogP contribution in [0.4, 0.5) is 0 Å². The molecule has 0 aliphatic heterocycles. The molecule has 0 spiro atoms. The molecule has 1 aliphatic rings. The number of benzene rings is 6. The van der Waals surface area contributed by atoms with E-state index >= 15 is 0 Å². The first-order valence-corrected chi connectivity index (χ1v) is 19.3. The van der Waals surface area contributed by atoms with Crippen molar-refractivity contribution in [1.29, 1.82) is 0 Å². The molecule has 0 saturated heterocycles. The molecule has 0 amide bonds. The van der Waals surface area contributed by atoms with Crippen LogP contribution in [0.25, 0.3) is 21.5 Å². The molecule has 1 aliphatic carbocycles. The lowest BCUT2D eigenvalue weighted by molar-refractivity contribution is 0.196. The lowest BCUT2D eigenvalue weighted by Crippen LogP contribution is -2.62. The van der Waals surface area contributed by atoms with E-state index in [1.165, 1.54) is 8.61 Å². The topological polar surface area (TPSA) is 74.8 Å². The maximum Gasteiger partial charge on any atom is 0.244 e. The zero-order valence-electron chi connectivity index (χ0n) is 28.0. The van der Waals surface area contributed by atoms with Gasteiger partial charge in [0.05, 0.1) is 21.9 Å². The van der Waals surface area contributed by atoms with Crippen LogP contribution >= 0.6 is 0 Å². The number of fused-ring (bicyclic) bond motifs is 2. The Hall–Kier alpha value is -4.86. The first kappa shape index (κ1) is 33.6. The average molecular weight is 699 g/mol. The van der Waals surface area contributed by atoms with Gasteiger partial charge in [0.1, 0.15) is 0 Å². The number of hydrogen-bond donors (Lipinski definition) is 0. The van der Waals surface area contributed by atoms with Gasteiger partial charge in [0.2, 0.25) is 20.0 Å². The molecular formula is C42H38N2O4S2. The molecule has 0 radical (unpaired) electrons. The van der Waals surface area contributed by atoms with Crippen LogP contribution < -0.4 is 0 Å². The highest BCUT2D eigenvalue weighted by atomic mass is 32.2. The van der Waals surface area contributed by atoms with Crippen LogP contribution in [-0.4, -0.2) is 37.5 Å². The molecular weight excluding hydrogens is 661 g/mol. The third kappa shape index (κ3) is 5.98. The SMILES string of the molecule is C=C1C(=C)[C@H](N(Cc2cccc3ccccc23)S(=O)(=O)c2ccc(C)cc2)[C@H]1N(Cc1cccc2ccccc12)S(=O)(=O)c1ccc(C)cc1. The quantitative estimate of drug-likeness (QED) is 0.144. The minimum atomic E-state index is -4.18. The van der Waals surface area contributed by atoms with Crippen molar-refractivity contribution >= 4 is 41.6 Å². The van der Waals surface area contributed by atoms with Gasteiger partial charge in [0.15, 0.2) is 0 Å². The fraction of sp³-hybridized carbons (Fsp3) is 0.143. The van der Waals surface area contributed by atoms with Crippen LogP contribution in [-0.2, 0) is 33.1 Å². The van der Waals surface area contributed by atoms with Crippen molar-refractivity contribution in [1.82, 2.24) is 8.61 Å². The number of rotatable bonds is 10. The molecule has 0 bridgehead atoms. The Morgan fingerprint density at radius 1 is 0.480 bits per heavy atom. The molecule has 0 aromatic heterocycles. The maximum atomic E-state index is 14.8. The van der Waals surface area contributed by atoms with E-state index in [0.29, 0.717) is 11.1 Å². The van der Waals surface area contributed by atoms with Crippen molar-refractivity contribution in [2.45, 2.75) is 48.8 Å². The Kier molecular flexibility index (Phi) is 8.82.